The highest BCUT2D eigenvalue weighted by atomic mass is 32.3. The van der Waals surface area contributed by atoms with Crippen LogP contribution in [-0.4, -0.2) is 66.3 Å². The fourth-order valence-corrected chi connectivity index (χ4v) is 1.16. The van der Waals surface area contributed by atoms with Crippen molar-refractivity contribution in [1.82, 2.24) is 9.38 Å². The molecule has 1 aromatic carbocycles. The predicted octanol–water partition coefficient (Wildman–Crippen LogP) is 1.04. The van der Waals surface area contributed by atoms with Crippen LogP contribution >= 0.6 is 0 Å². The van der Waals surface area contributed by atoms with Gasteiger partial charge in [0.05, 0.1) is 28.3 Å². The van der Waals surface area contributed by atoms with E-state index in [0.717, 1.165) is 12.8 Å². The van der Waals surface area contributed by atoms with E-state index in [1.165, 1.54) is 4.90 Å². The monoisotopic (exact) mass is 334 g/mol. The van der Waals surface area contributed by atoms with Gasteiger partial charge in [-0.3, -0.25) is 8.67 Å². The molecule has 0 spiro atoms. The minimum atomic E-state index is -4.41. The third-order valence-electron chi connectivity index (χ3n) is 2.37. The van der Waals surface area contributed by atoms with Crippen molar-refractivity contribution in [2.24, 2.45) is 0 Å². The van der Waals surface area contributed by atoms with E-state index in [0.29, 0.717) is 10.2 Å². The fraction of sp³-hybridized carbons (Fsp3) is 0.462. The molecule has 0 radical (unpaired) electrons. The summed E-state index contributed by atoms with van der Waals surface area (Å²) in [5.41, 5.74) is 1.09. The molecule has 0 fully saturated rings. The standard InChI is InChI=1S/C12H19N2O2.CH4O4S/c1-13(2)12(15)16-11-8-6-7-10(9-11)14(3,4)5;1-5-6(2,3)4/h6-9H,1-5H3;1H3,(H,2,3,4)/q+1;/p-1. The minimum Gasteiger partial charge on any atom is -0.726 e. The Morgan fingerprint density at radius 1 is 1.23 bits per heavy atom. The van der Waals surface area contributed by atoms with Gasteiger partial charge in [-0.2, -0.15) is 0 Å². The summed E-state index contributed by atoms with van der Waals surface area (Å²) in [7, 11) is 5.90. The average molecular weight is 334 g/mol. The summed E-state index contributed by atoms with van der Waals surface area (Å²) in [4.78, 5) is 12.8. The quantitative estimate of drug-likeness (QED) is 0.465. The van der Waals surface area contributed by atoms with E-state index in [2.05, 4.69) is 25.3 Å². The molecule has 9 heteroatoms. The topological polar surface area (TPSA) is 96.0 Å². The molecule has 0 aliphatic carbocycles. The lowest BCUT2D eigenvalue weighted by atomic mass is 10.2. The van der Waals surface area contributed by atoms with Crippen molar-refractivity contribution in [1.29, 1.82) is 0 Å². The van der Waals surface area contributed by atoms with E-state index in [1.54, 1.807) is 20.2 Å². The summed E-state index contributed by atoms with van der Waals surface area (Å²) in [5.74, 6) is 0.573. The molecule has 0 bridgehead atoms. The van der Waals surface area contributed by atoms with Crippen LogP contribution in [0.3, 0.4) is 0 Å². The van der Waals surface area contributed by atoms with Gasteiger partial charge in [-0.15, -0.1) is 0 Å². The van der Waals surface area contributed by atoms with Crippen molar-refractivity contribution >= 4 is 22.2 Å². The lowest BCUT2D eigenvalue weighted by Crippen LogP contribution is -2.34. The van der Waals surface area contributed by atoms with Crippen molar-refractivity contribution in [3.05, 3.63) is 24.3 Å². The van der Waals surface area contributed by atoms with Crippen LogP contribution in [0, 0.1) is 0 Å². The number of rotatable bonds is 3. The molecule has 0 saturated carbocycles. The molecule has 0 aliphatic rings. The predicted molar refractivity (Wildman–Crippen MR) is 82.4 cm³/mol. The molecule has 0 atom stereocenters. The van der Waals surface area contributed by atoms with Gasteiger partial charge in [0.15, 0.2) is 0 Å². The van der Waals surface area contributed by atoms with Crippen LogP contribution in [0.2, 0.25) is 0 Å². The number of quaternary nitrogens is 1. The Morgan fingerprint density at radius 2 is 1.73 bits per heavy atom. The Morgan fingerprint density at radius 3 is 2.09 bits per heavy atom. The smallest absolute Gasteiger partial charge is 0.414 e. The fourth-order valence-electron chi connectivity index (χ4n) is 1.16. The first-order valence-corrected chi connectivity index (χ1v) is 7.53. The van der Waals surface area contributed by atoms with Gasteiger partial charge in [-0.1, -0.05) is 6.07 Å². The van der Waals surface area contributed by atoms with Crippen LogP contribution in [0.25, 0.3) is 0 Å². The molecule has 1 amide bonds. The summed E-state index contributed by atoms with van der Waals surface area (Å²) in [6.45, 7) is 0. The molecule has 8 nitrogen and oxygen atoms in total. The molecule has 22 heavy (non-hydrogen) atoms. The van der Waals surface area contributed by atoms with Gasteiger partial charge in [-0.05, 0) is 12.1 Å². The molecule has 0 saturated heterocycles. The number of hydrogen-bond donors (Lipinski definition) is 0. The van der Waals surface area contributed by atoms with Crippen molar-refractivity contribution in [2.45, 2.75) is 0 Å². The molecule has 0 heterocycles. The Kier molecular flexibility index (Phi) is 7.47. The van der Waals surface area contributed by atoms with Gasteiger partial charge in [0.25, 0.3) is 0 Å². The van der Waals surface area contributed by atoms with Crippen LogP contribution in [0.4, 0.5) is 10.5 Å². The molecule has 0 aliphatic heterocycles. The first-order valence-electron chi connectivity index (χ1n) is 6.19. The van der Waals surface area contributed by atoms with Crippen LogP contribution in [-0.2, 0) is 14.6 Å². The first kappa shape index (κ1) is 20.3. The van der Waals surface area contributed by atoms with Gasteiger partial charge >= 0.3 is 6.09 Å². The van der Waals surface area contributed by atoms with Crippen molar-refractivity contribution in [2.75, 3.05) is 42.3 Å². The minimum absolute atomic E-state index is 0.362. The van der Waals surface area contributed by atoms with Crippen LogP contribution in [0.1, 0.15) is 0 Å². The normalized spacial score (nSPS) is 11.2. The van der Waals surface area contributed by atoms with Crippen LogP contribution < -0.4 is 9.22 Å². The maximum Gasteiger partial charge on any atom is 0.414 e. The highest BCUT2D eigenvalue weighted by Gasteiger charge is 2.14. The zero-order chi connectivity index (χ0) is 17.6. The van der Waals surface area contributed by atoms with Crippen molar-refractivity contribution in [3.8, 4) is 5.75 Å². The average Bonchev–Trinajstić information content (AvgIpc) is 2.38. The van der Waals surface area contributed by atoms with Crippen LogP contribution in [0.15, 0.2) is 24.3 Å². The van der Waals surface area contributed by atoms with E-state index >= 15 is 0 Å². The maximum absolute atomic E-state index is 11.4. The Bertz CT molecular complexity index is 593. The van der Waals surface area contributed by atoms with Gasteiger partial charge in [0, 0.05) is 20.2 Å². The lowest BCUT2D eigenvalue weighted by Gasteiger charge is -2.23. The van der Waals surface area contributed by atoms with E-state index in [1.807, 2.05) is 18.2 Å². The first-order chi connectivity index (χ1) is 9.86. The summed E-state index contributed by atoms with van der Waals surface area (Å²) in [6.07, 6.45) is -0.362. The Balaban J connectivity index is 0.000000626. The Hall–Kier alpha value is -1.68. The zero-order valence-corrected chi connectivity index (χ0v) is 14.4. The van der Waals surface area contributed by atoms with Gasteiger partial charge in [-0.25, -0.2) is 13.2 Å². The molecule has 1 aromatic rings. The molecular formula is C13H22N2O6S. The van der Waals surface area contributed by atoms with Gasteiger partial charge < -0.3 is 14.2 Å². The van der Waals surface area contributed by atoms with Crippen LogP contribution in [0.5, 0.6) is 5.75 Å². The number of amides is 1. The SMILES string of the molecule is CN(C)C(=O)Oc1cccc([N+](C)(C)C)c1.COS(=O)(=O)[O-]. The van der Waals surface area contributed by atoms with Crippen molar-refractivity contribution in [3.63, 3.8) is 0 Å². The second kappa shape index (κ2) is 8.08. The second-order valence-corrected chi connectivity index (χ2v) is 6.50. The maximum atomic E-state index is 11.4. The molecule has 0 aromatic heterocycles. The summed E-state index contributed by atoms with van der Waals surface area (Å²) >= 11 is 0. The van der Waals surface area contributed by atoms with E-state index in [-0.39, 0.29) is 6.09 Å². The zero-order valence-electron chi connectivity index (χ0n) is 13.6. The lowest BCUT2D eigenvalue weighted by molar-refractivity contribution is 0.172. The molecule has 126 valence electrons. The highest BCUT2D eigenvalue weighted by molar-refractivity contribution is 7.80. The number of ether oxygens (including phenoxy) is 1. The third-order valence-corrected chi connectivity index (χ3v) is 2.77. The summed E-state index contributed by atoms with van der Waals surface area (Å²) in [5, 5.41) is 0. The summed E-state index contributed by atoms with van der Waals surface area (Å²) < 4.78 is 36.9. The van der Waals surface area contributed by atoms with E-state index in [4.69, 9.17) is 4.74 Å². The molecule has 1 rings (SSSR count). The number of nitrogens with zero attached hydrogens (tertiary/aromatic N) is 2. The second-order valence-electron chi connectivity index (χ2n) is 5.35. The highest BCUT2D eigenvalue weighted by Crippen LogP contribution is 2.22. The molecule has 0 unspecified atom stereocenters. The Labute approximate surface area is 131 Å². The third kappa shape index (κ3) is 8.57. The number of carbonyl (C=O) groups excluding carboxylic acids is 1. The van der Waals surface area contributed by atoms with E-state index < -0.39 is 10.4 Å². The number of carbonyl (C=O) groups is 1. The van der Waals surface area contributed by atoms with E-state index in [9.17, 15) is 17.8 Å². The summed E-state index contributed by atoms with van der Waals surface area (Å²) in [6, 6.07) is 7.55. The molecular weight excluding hydrogens is 312 g/mol. The largest absolute Gasteiger partial charge is 0.726 e. The van der Waals surface area contributed by atoms with Crippen molar-refractivity contribution < 1.29 is 26.7 Å². The van der Waals surface area contributed by atoms with Gasteiger partial charge in [0.1, 0.15) is 11.4 Å². The molecule has 0 N–H and O–H groups in total. The number of benzene rings is 1. The van der Waals surface area contributed by atoms with Gasteiger partial charge in [0.2, 0.25) is 10.4 Å². The number of hydrogen-bond acceptors (Lipinski definition) is 6.